The van der Waals surface area contributed by atoms with E-state index in [9.17, 15) is 13.2 Å². The van der Waals surface area contributed by atoms with Crippen LogP contribution in [-0.2, 0) is 14.8 Å². The summed E-state index contributed by atoms with van der Waals surface area (Å²) in [5.74, 6) is 0.302. The second-order valence-corrected chi connectivity index (χ2v) is 10.0. The Balaban J connectivity index is 1.73. The van der Waals surface area contributed by atoms with E-state index in [4.69, 9.17) is 16.3 Å². The molecule has 174 valence electrons. The van der Waals surface area contributed by atoms with E-state index in [1.165, 1.54) is 12.1 Å². The highest BCUT2D eigenvalue weighted by atomic mass is 35.5. The van der Waals surface area contributed by atoms with Crippen molar-refractivity contribution in [2.45, 2.75) is 25.7 Å². The van der Waals surface area contributed by atoms with Gasteiger partial charge in [-0.05, 0) is 62.2 Å². The summed E-state index contributed by atoms with van der Waals surface area (Å²) in [6, 6.07) is 18.8. The Hall–Kier alpha value is -3.03. The Bertz CT molecular complexity index is 1230. The number of anilines is 1. The highest BCUT2D eigenvalue weighted by Crippen LogP contribution is 2.29. The number of aryl methyl sites for hydroxylation is 3. The van der Waals surface area contributed by atoms with E-state index in [0.29, 0.717) is 16.3 Å². The zero-order valence-electron chi connectivity index (χ0n) is 18.8. The minimum absolute atomic E-state index is 0.0929. The molecule has 0 heterocycles. The molecule has 0 saturated heterocycles. The quantitative estimate of drug-likeness (QED) is 0.446. The van der Waals surface area contributed by atoms with Crippen LogP contribution in [0.25, 0.3) is 0 Å². The molecule has 6 nitrogen and oxygen atoms in total. The van der Waals surface area contributed by atoms with Crippen molar-refractivity contribution in [3.8, 4) is 5.75 Å². The summed E-state index contributed by atoms with van der Waals surface area (Å²) in [7, 11) is -3.99. The molecule has 1 N–H and O–H groups in total. The lowest BCUT2D eigenvalue weighted by Gasteiger charge is -2.26. The van der Waals surface area contributed by atoms with E-state index in [0.717, 1.165) is 21.2 Å². The SMILES string of the molecule is Cc1ccc(OCCNC(=O)CN(c2cc(Cl)ccc2C)S(=O)(=O)c2ccccc2)c(C)c1. The van der Waals surface area contributed by atoms with Crippen LogP contribution in [0.3, 0.4) is 0 Å². The van der Waals surface area contributed by atoms with E-state index in [1.807, 2.05) is 32.0 Å². The molecule has 0 saturated carbocycles. The van der Waals surface area contributed by atoms with Gasteiger partial charge in [0, 0.05) is 5.02 Å². The first-order valence-electron chi connectivity index (χ1n) is 10.5. The van der Waals surface area contributed by atoms with Gasteiger partial charge >= 0.3 is 0 Å². The molecule has 0 aliphatic heterocycles. The first-order chi connectivity index (χ1) is 15.7. The third-order valence-electron chi connectivity index (χ3n) is 5.07. The van der Waals surface area contributed by atoms with Gasteiger partial charge in [0.15, 0.2) is 0 Å². The number of nitrogens with zero attached hydrogens (tertiary/aromatic N) is 1. The van der Waals surface area contributed by atoms with E-state index < -0.39 is 15.9 Å². The average Bonchev–Trinajstić information content (AvgIpc) is 2.78. The predicted molar refractivity (Wildman–Crippen MR) is 132 cm³/mol. The number of halogens is 1. The molecule has 8 heteroatoms. The topological polar surface area (TPSA) is 75.7 Å². The van der Waals surface area contributed by atoms with Gasteiger partial charge in [0.25, 0.3) is 10.0 Å². The van der Waals surface area contributed by atoms with Gasteiger partial charge < -0.3 is 10.1 Å². The number of hydrogen-bond donors (Lipinski definition) is 1. The maximum Gasteiger partial charge on any atom is 0.264 e. The molecule has 1 amide bonds. The lowest BCUT2D eigenvalue weighted by atomic mass is 10.1. The number of carbonyl (C=O) groups is 1. The van der Waals surface area contributed by atoms with Gasteiger partial charge in [0.1, 0.15) is 18.9 Å². The van der Waals surface area contributed by atoms with Crippen LogP contribution >= 0.6 is 11.6 Å². The average molecular weight is 487 g/mol. The number of benzene rings is 3. The molecule has 0 atom stereocenters. The Kier molecular flexibility index (Phi) is 8.00. The molecule has 0 aromatic heterocycles. The zero-order chi connectivity index (χ0) is 24.0. The molecule has 0 unspecified atom stereocenters. The normalized spacial score (nSPS) is 11.2. The molecule has 0 spiro atoms. The third-order valence-corrected chi connectivity index (χ3v) is 7.08. The van der Waals surface area contributed by atoms with Crippen LogP contribution in [0.5, 0.6) is 5.75 Å². The molecule has 0 fully saturated rings. The summed E-state index contributed by atoms with van der Waals surface area (Å²) < 4.78 is 33.6. The van der Waals surface area contributed by atoms with E-state index in [-0.39, 0.29) is 24.6 Å². The van der Waals surface area contributed by atoms with Gasteiger partial charge in [-0.15, -0.1) is 0 Å². The summed E-state index contributed by atoms with van der Waals surface area (Å²) in [5, 5.41) is 3.12. The maximum atomic E-state index is 13.4. The Morgan fingerprint density at radius 2 is 1.70 bits per heavy atom. The van der Waals surface area contributed by atoms with Crippen LogP contribution in [-0.4, -0.2) is 34.0 Å². The van der Waals surface area contributed by atoms with Crippen LogP contribution in [0, 0.1) is 20.8 Å². The van der Waals surface area contributed by atoms with E-state index in [2.05, 4.69) is 5.32 Å². The standard InChI is InChI=1S/C25H27ClN2O4S/c1-18-9-12-24(20(3)15-18)32-14-13-27-25(29)17-28(23-16-21(26)11-10-19(23)2)33(30,31)22-7-5-4-6-8-22/h4-12,15-16H,13-14,17H2,1-3H3,(H,27,29). The summed E-state index contributed by atoms with van der Waals surface area (Å²) in [6.45, 7) is 5.85. The van der Waals surface area contributed by atoms with Crippen molar-refractivity contribution in [2.75, 3.05) is 24.0 Å². The summed E-state index contributed by atoms with van der Waals surface area (Å²) in [4.78, 5) is 12.8. The van der Waals surface area contributed by atoms with Gasteiger partial charge in [-0.1, -0.05) is 53.6 Å². The van der Waals surface area contributed by atoms with Crippen LogP contribution < -0.4 is 14.4 Å². The molecule has 0 bridgehead atoms. The Morgan fingerprint density at radius 1 is 0.970 bits per heavy atom. The Morgan fingerprint density at radius 3 is 2.39 bits per heavy atom. The van der Waals surface area contributed by atoms with Gasteiger partial charge in [-0.3, -0.25) is 9.10 Å². The van der Waals surface area contributed by atoms with Crippen molar-refractivity contribution in [3.05, 3.63) is 88.4 Å². The van der Waals surface area contributed by atoms with Crippen LogP contribution in [0.2, 0.25) is 5.02 Å². The number of amides is 1. The number of hydrogen-bond acceptors (Lipinski definition) is 4. The molecular formula is C25H27ClN2O4S. The zero-order valence-corrected chi connectivity index (χ0v) is 20.4. The summed E-state index contributed by atoms with van der Waals surface area (Å²) in [6.07, 6.45) is 0. The minimum Gasteiger partial charge on any atom is -0.491 e. The van der Waals surface area contributed by atoms with Gasteiger partial charge in [0.2, 0.25) is 5.91 Å². The van der Waals surface area contributed by atoms with Crippen molar-refractivity contribution >= 4 is 33.2 Å². The maximum absolute atomic E-state index is 13.4. The molecule has 3 rings (SSSR count). The molecule has 3 aromatic carbocycles. The van der Waals surface area contributed by atoms with Gasteiger partial charge in [0.05, 0.1) is 17.1 Å². The second kappa shape index (κ2) is 10.7. The minimum atomic E-state index is -3.99. The first-order valence-corrected chi connectivity index (χ1v) is 12.3. The van der Waals surface area contributed by atoms with Crippen molar-refractivity contribution < 1.29 is 17.9 Å². The van der Waals surface area contributed by atoms with Crippen molar-refractivity contribution in [3.63, 3.8) is 0 Å². The van der Waals surface area contributed by atoms with E-state index >= 15 is 0 Å². The van der Waals surface area contributed by atoms with Crippen LogP contribution in [0.1, 0.15) is 16.7 Å². The predicted octanol–water partition coefficient (Wildman–Crippen LogP) is 4.66. The van der Waals surface area contributed by atoms with Gasteiger partial charge in [-0.25, -0.2) is 8.42 Å². The van der Waals surface area contributed by atoms with Crippen LogP contribution in [0.15, 0.2) is 71.6 Å². The lowest BCUT2D eigenvalue weighted by molar-refractivity contribution is -0.119. The third kappa shape index (κ3) is 6.27. The Labute approximate surface area is 200 Å². The number of ether oxygens (including phenoxy) is 1. The highest BCUT2D eigenvalue weighted by Gasteiger charge is 2.28. The molecule has 0 radical (unpaired) electrons. The van der Waals surface area contributed by atoms with E-state index in [1.54, 1.807) is 43.3 Å². The number of sulfonamides is 1. The molecule has 0 aliphatic rings. The molecule has 3 aromatic rings. The largest absolute Gasteiger partial charge is 0.491 e. The second-order valence-electron chi connectivity index (χ2n) is 7.72. The fraction of sp³-hybridized carbons (Fsp3) is 0.240. The smallest absolute Gasteiger partial charge is 0.264 e. The monoisotopic (exact) mass is 486 g/mol. The number of rotatable bonds is 9. The molecule has 33 heavy (non-hydrogen) atoms. The van der Waals surface area contributed by atoms with Crippen LogP contribution in [0.4, 0.5) is 5.69 Å². The lowest BCUT2D eigenvalue weighted by Crippen LogP contribution is -2.42. The number of nitrogens with one attached hydrogen (secondary N) is 1. The van der Waals surface area contributed by atoms with Crippen molar-refractivity contribution in [2.24, 2.45) is 0 Å². The summed E-state index contributed by atoms with van der Waals surface area (Å²) >= 11 is 6.14. The molecule has 0 aliphatic carbocycles. The molecular weight excluding hydrogens is 460 g/mol. The number of carbonyl (C=O) groups excluding carboxylic acids is 1. The summed E-state index contributed by atoms with van der Waals surface area (Å²) in [5.41, 5.74) is 3.19. The fourth-order valence-corrected chi connectivity index (χ4v) is 5.03. The van der Waals surface area contributed by atoms with Crippen molar-refractivity contribution in [1.29, 1.82) is 0 Å². The first kappa shape index (κ1) is 24.6. The van der Waals surface area contributed by atoms with Gasteiger partial charge in [-0.2, -0.15) is 0 Å². The van der Waals surface area contributed by atoms with Crippen molar-refractivity contribution in [1.82, 2.24) is 5.32 Å². The highest BCUT2D eigenvalue weighted by molar-refractivity contribution is 7.92. The fourth-order valence-electron chi connectivity index (χ4n) is 3.37.